The minimum atomic E-state index is -3.75. The van der Waals surface area contributed by atoms with Gasteiger partial charge in [-0.3, -0.25) is 24.5 Å². The summed E-state index contributed by atoms with van der Waals surface area (Å²) < 4.78 is 29.7. The molecule has 2 unspecified atom stereocenters. The van der Waals surface area contributed by atoms with Crippen LogP contribution in [0.3, 0.4) is 0 Å². The van der Waals surface area contributed by atoms with Gasteiger partial charge < -0.3 is 9.71 Å². The number of carbonyl (C=O) groups is 4. The van der Waals surface area contributed by atoms with Crippen LogP contribution in [0.1, 0.15) is 45.8 Å². The van der Waals surface area contributed by atoms with Crippen LogP contribution in [0.25, 0.3) is 0 Å². The van der Waals surface area contributed by atoms with Crippen molar-refractivity contribution in [2.45, 2.75) is 37.3 Å². The van der Waals surface area contributed by atoms with E-state index < -0.39 is 35.3 Å². The van der Waals surface area contributed by atoms with Crippen molar-refractivity contribution >= 4 is 51.1 Å². The van der Waals surface area contributed by atoms with Gasteiger partial charge in [-0.25, -0.2) is 0 Å². The fourth-order valence-corrected chi connectivity index (χ4v) is 4.38. The molecule has 2 aliphatic rings. The number of piperidine rings is 1. The Hall–Kier alpha value is -3.20. The summed E-state index contributed by atoms with van der Waals surface area (Å²) in [5.74, 6) is -7.05. The molecule has 0 bridgehead atoms. The van der Waals surface area contributed by atoms with Crippen molar-refractivity contribution in [2.75, 3.05) is 0 Å². The van der Waals surface area contributed by atoms with Gasteiger partial charge in [0, 0.05) is 35.1 Å². The van der Waals surface area contributed by atoms with E-state index in [1.54, 1.807) is 26.0 Å². The summed E-state index contributed by atoms with van der Waals surface area (Å²) in [4.78, 5) is 51.5. The Bertz CT molecular complexity index is 1200. The lowest BCUT2D eigenvalue weighted by molar-refractivity contribution is -0.154. The lowest BCUT2D eigenvalue weighted by atomic mass is 9.83. The maximum absolute atomic E-state index is 14.9. The van der Waals surface area contributed by atoms with Crippen LogP contribution in [0, 0.1) is 0 Å². The van der Waals surface area contributed by atoms with E-state index in [4.69, 9.17) is 11.6 Å². The van der Waals surface area contributed by atoms with E-state index in [-0.39, 0.29) is 36.2 Å². The average Bonchev–Trinajstić information content (AvgIpc) is 3.13. The first-order valence-corrected chi connectivity index (χ1v) is 11.1. The van der Waals surface area contributed by atoms with Crippen LogP contribution in [0.4, 0.5) is 8.78 Å². The number of hydrogen-bond donors (Lipinski definition) is 1. The van der Waals surface area contributed by atoms with Crippen LogP contribution in [0.5, 0.6) is 0 Å². The Morgan fingerprint density at radius 3 is 2.50 bits per heavy atom. The molecule has 34 heavy (non-hydrogen) atoms. The third-order valence-corrected chi connectivity index (χ3v) is 6.66. The molecule has 4 amide bonds. The van der Waals surface area contributed by atoms with E-state index in [9.17, 15) is 28.0 Å². The number of alkyl halides is 2. The van der Waals surface area contributed by atoms with Crippen molar-refractivity contribution in [3.63, 3.8) is 0 Å². The second-order valence-electron chi connectivity index (χ2n) is 8.49. The SMILES string of the molecule is BC(c1ccc2c(c1)CN(C1CCC(=O)NC1=O)C2=O)N(B)C(=O)C(F)(F)c1ccc(Cl)cc1. The predicted molar refractivity (Wildman–Crippen MR) is 125 cm³/mol. The van der Waals surface area contributed by atoms with Gasteiger partial charge in [-0.2, -0.15) is 8.78 Å². The molecular formula is C22H20B2ClF2N3O4. The lowest BCUT2D eigenvalue weighted by Gasteiger charge is -2.30. The highest BCUT2D eigenvalue weighted by Crippen LogP contribution is 2.34. The third kappa shape index (κ3) is 4.20. The van der Waals surface area contributed by atoms with Gasteiger partial charge in [-0.05, 0) is 35.7 Å². The molecule has 7 nitrogen and oxygen atoms in total. The molecular weight excluding hydrogens is 465 g/mol. The van der Waals surface area contributed by atoms with Crippen molar-refractivity contribution in [3.8, 4) is 0 Å². The first kappa shape index (κ1) is 23.9. The topological polar surface area (TPSA) is 86.8 Å². The van der Waals surface area contributed by atoms with Gasteiger partial charge in [-0.15, -0.1) is 0 Å². The lowest BCUT2D eigenvalue weighted by Crippen LogP contribution is -2.52. The first-order chi connectivity index (χ1) is 16.0. The summed E-state index contributed by atoms with van der Waals surface area (Å²) in [5.41, 5.74) is 1.14. The first-order valence-electron chi connectivity index (χ1n) is 10.7. The van der Waals surface area contributed by atoms with Gasteiger partial charge in [0.15, 0.2) is 0 Å². The Morgan fingerprint density at radius 1 is 1.18 bits per heavy atom. The number of rotatable bonds is 5. The van der Waals surface area contributed by atoms with Gasteiger partial charge in [0.2, 0.25) is 19.8 Å². The maximum atomic E-state index is 14.9. The molecule has 12 heteroatoms. The molecule has 2 aromatic rings. The standard InChI is InChI=1S/C22H20B2ClF2N3O4/c23-18(30(24)21(34)22(26,27)13-2-4-14(25)5-3-13)11-1-6-15-12(9-11)10-29(20(15)33)16-7-8-17(31)28-19(16)32/h1-6,9,16,18H,7-8,10,23-24H2,(H,28,31,32). The minimum absolute atomic E-state index is 0.146. The molecule has 1 fully saturated rings. The van der Waals surface area contributed by atoms with E-state index in [2.05, 4.69) is 5.32 Å². The van der Waals surface area contributed by atoms with Crippen molar-refractivity contribution in [2.24, 2.45) is 0 Å². The van der Waals surface area contributed by atoms with Crippen molar-refractivity contribution < 1.29 is 28.0 Å². The number of imide groups is 1. The largest absolute Gasteiger partial charge is 0.389 e. The summed E-state index contributed by atoms with van der Waals surface area (Å²) in [6, 6.07) is 8.95. The van der Waals surface area contributed by atoms with E-state index in [0.717, 1.165) is 16.9 Å². The number of amides is 4. The molecule has 0 aliphatic carbocycles. The number of nitrogens with zero attached hydrogens (tertiary/aromatic N) is 2. The van der Waals surface area contributed by atoms with Gasteiger partial charge >= 0.3 is 5.92 Å². The molecule has 0 radical (unpaired) electrons. The number of carbonyl (C=O) groups excluding carboxylic acids is 4. The molecule has 1 N–H and O–H groups in total. The monoisotopic (exact) mass is 485 g/mol. The van der Waals surface area contributed by atoms with Crippen LogP contribution in [-0.2, 0) is 26.9 Å². The Labute approximate surface area is 201 Å². The minimum Gasteiger partial charge on any atom is -0.389 e. The van der Waals surface area contributed by atoms with Crippen molar-refractivity contribution in [1.82, 2.24) is 15.0 Å². The summed E-state index contributed by atoms with van der Waals surface area (Å²) in [6.07, 6.45) is 0.387. The van der Waals surface area contributed by atoms with E-state index >= 15 is 0 Å². The quantitative estimate of drug-likeness (QED) is 0.504. The summed E-state index contributed by atoms with van der Waals surface area (Å²) in [5, 5.41) is 2.53. The third-order valence-electron chi connectivity index (χ3n) is 6.41. The summed E-state index contributed by atoms with van der Waals surface area (Å²) >= 11 is 5.76. The van der Waals surface area contributed by atoms with E-state index in [1.165, 1.54) is 25.0 Å². The molecule has 174 valence electrons. The number of nitrogens with one attached hydrogen (secondary N) is 1. The van der Waals surface area contributed by atoms with Crippen LogP contribution < -0.4 is 5.32 Å². The zero-order chi connectivity index (χ0) is 24.8. The Kier molecular flexibility index (Phi) is 6.24. The molecule has 1 saturated heterocycles. The van der Waals surface area contributed by atoms with Gasteiger partial charge in [0.25, 0.3) is 11.8 Å². The molecule has 2 atom stereocenters. The highest BCUT2D eigenvalue weighted by atomic mass is 35.5. The van der Waals surface area contributed by atoms with Crippen molar-refractivity contribution in [1.29, 1.82) is 0 Å². The van der Waals surface area contributed by atoms with Gasteiger partial charge in [0.05, 0.1) is 0 Å². The molecule has 0 aromatic heterocycles. The summed E-state index contributed by atoms with van der Waals surface area (Å²) in [6.45, 7) is 0.152. The molecule has 4 rings (SSSR count). The molecule has 2 aliphatic heterocycles. The molecule has 2 aromatic carbocycles. The normalized spacial score (nSPS) is 19.0. The average molecular weight is 485 g/mol. The fourth-order valence-electron chi connectivity index (χ4n) is 4.26. The zero-order valence-electron chi connectivity index (χ0n) is 18.5. The highest BCUT2D eigenvalue weighted by molar-refractivity contribution is 6.30. The Balaban J connectivity index is 1.52. The number of benzene rings is 2. The van der Waals surface area contributed by atoms with Crippen LogP contribution in [0.15, 0.2) is 42.5 Å². The van der Waals surface area contributed by atoms with Gasteiger partial charge in [-0.1, -0.05) is 35.9 Å². The van der Waals surface area contributed by atoms with Gasteiger partial charge in [0.1, 0.15) is 13.9 Å². The van der Waals surface area contributed by atoms with Crippen molar-refractivity contribution in [3.05, 3.63) is 69.7 Å². The summed E-state index contributed by atoms with van der Waals surface area (Å²) in [7, 11) is 2.91. The zero-order valence-corrected chi connectivity index (χ0v) is 19.2. The second kappa shape index (κ2) is 8.87. The predicted octanol–water partition coefficient (Wildman–Crippen LogP) is 0.901. The fraction of sp³-hybridized carbons (Fsp3) is 0.273. The molecule has 0 saturated carbocycles. The Morgan fingerprint density at radius 2 is 1.85 bits per heavy atom. The number of halogens is 3. The smallest absolute Gasteiger partial charge is 0.348 e. The van der Waals surface area contributed by atoms with E-state index in [0.29, 0.717) is 16.7 Å². The van der Waals surface area contributed by atoms with Crippen LogP contribution >= 0.6 is 11.6 Å². The molecule has 0 spiro atoms. The van der Waals surface area contributed by atoms with Crippen LogP contribution in [-0.4, -0.2) is 55.2 Å². The maximum Gasteiger partial charge on any atom is 0.348 e. The van der Waals surface area contributed by atoms with Crippen LogP contribution in [0.2, 0.25) is 5.02 Å². The second-order valence-corrected chi connectivity index (χ2v) is 8.93. The number of hydrogen-bond acceptors (Lipinski definition) is 4. The van der Waals surface area contributed by atoms with E-state index in [1.807, 2.05) is 0 Å². The molecule has 2 heterocycles. The highest BCUT2D eigenvalue weighted by Gasteiger charge is 2.44. The number of fused-ring (bicyclic) bond motifs is 1.